The van der Waals surface area contributed by atoms with Crippen LogP contribution in [0.2, 0.25) is 0 Å². The van der Waals surface area contributed by atoms with Gasteiger partial charge in [-0.3, -0.25) is 10.1 Å². The van der Waals surface area contributed by atoms with E-state index < -0.39 is 11.7 Å². The highest BCUT2D eigenvalue weighted by Gasteiger charge is 2.21. The second-order valence-electron chi connectivity index (χ2n) is 4.87. The third-order valence-electron chi connectivity index (χ3n) is 2.97. The van der Waals surface area contributed by atoms with Crippen LogP contribution in [-0.4, -0.2) is 25.1 Å². The highest BCUT2D eigenvalue weighted by Crippen LogP contribution is 2.28. The molecule has 1 amide bonds. The van der Waals surface area contributed by atoms with Crippen molar-refractivity contribution in [1.82, 2.24) is 5.32 Å². The maximum Gasteiger partial charge on any atom is 0.291 e. The number of rotatable bonds is 5. The van der Waals surface area contributed by atoms with Crippen molar-refractivity contribution in [3.63, 3.8) is 0 Å². The Kier molecular flexibility index (Phi) is 5.09. The lowest BCUT2D eigenvalue weighted by atomic mass is 10.2. The standard InChI is InChI=1S/C15H19FN2O2/c1-2-9-20-15(17-10-11-7-8-11)18-14(19)12-5-3-4-6-13(12)16/h3-6,11H,2,7-10H2,1H3,(H,17,18,19). The summed E-state index contributed by atoms with van der Waals surface area (Å²) in [4.78, 5) is 16.2. The molecule has 20 heavy (non-hydrogen) atoms. The topological polar surface area (TPSA) is 50.7 Å². The van der Waals surface area contributed by atoms with Gasteiger partial charge in [0.15, 0.2) is 0 Å². The number of ether oxygens (including phenoxy) is 1. The van der Waals surface area contributed by atoms with Gasteiger partial charge in [-0.1, -0.05) is 19.1 Å². The number of hydrogen-bond donors (Lipinski definition) is 1. The first-order valence-corrected chi connectivity index (χ1v) is 6.93. The molecular weight excluding hydrogens is 259 g/mol. The van der Waals surface area contributed by atoms with Crippen LogP contribution in [0.5, 0.6) is 0 Å². The van der Waals surface area contributed by atoms with E-state index in [9.17, 15) is 9.18 Å². The van der Waals surface area contributed by atoms with E-state index in [1.165, 1.54) is 25.0 Å². The van der Waals surface area contributed by atoms with Gasteiger partial charge in [-0.05, 0) is 37.3 Å². The molecule has 5 heteroatoms. The van der Waals surface area contributed by atoms with Crippen molar-refractivity contribution in [3.8, 4) is 0 Å². The van der Waals surface area contributed by atoms with Crippen LogP contribution in [0.25, 0.3) is 0 Å². The number of hydrogen-bond acceptors (Lipinski definition) is 3. The van der Waals surface area contributed by atoms with E-state index in [0.29, 0.717) is 19.1 Å². The molecule has 0 saturated heterocycles. The van der Waals surface area contributed by atoms with Crippen molar-refractivity contribution in [1.29, 1.82) is 0 Å². The zero-order valence-corrected chi connectivity index (χ0v) is 11.6. The summed E-state index contributed by atoms with van der Waals surface area (Å²) >= 11 is 0. The number of aliphatic imine (C=N–C) groups is 1. The van der Waals surface area contributed by atoms with E-state index in [1.54, 1.807) is 12.1 Å². The van der Waals surface area contributed by atoms with Crippen molar-refractivity contribution in [2.45, 2.75) is 26.2 Å². The number of halogens is 1. The van der Waals surface area contributed by atoms with Crippen LogP contribution in [0.15, 0.2) is 29.3 Å². The number of amidine groups is 1. The Morgan fingerprint density at radius 1 is 1.45 bits per heavy atom. The molecule has 4 nitrogen and oxygen atoms in total. The molecule has 0 atom stereocenters. The van der Waals surface area contributed by atoms with E-state index in [0.717, 1.165) is 6.42 Å². The monoisotopic (exact) mass is 278 g/mol. The van der Waals surface area contributed by atoms with Crippen LogP contribution in [0.3, 0.4) is 0 Å². The van der Waals surface area contributed by atoms with Gasteiger partial charge in [0.05, 0.1) is 12.2 Å². The lowest BCUT2D eigenvalue weighted by molar-refractivity contribution is 0.0961. The van der Waals surface area contributed by atoms with Gasteiger partial charge in [-0.2, -0.15) is 0 Å². The largest absolute Gasteiger partial charge is 0.465 e. The average molecular weight is 278 g/mol. The number of benzene rings is 1. The van der Waals surface area contributed by atoms with Crippen LogP contribution in [-0.2, 0) is 4.74 Å². The molecule has 1 aromatic rings. The van der Waals surface area contributed by atoms with E-state index in [1.807, 2.05) is 6.92 Å². The molecule has 108 valence electrons. The fraction of sp³-hybridized carbons (Fsp3) is 0.467. The summed E-state index contributed by atoms with van der Waals surface area (Å²) in [6.07, 6.45) is 3.16. The molecule has 0 bridgehead atoms. The zero-order valence-electron chi connectivity index (χ0n) is 11.6. The highest BCUT2D eigenvalue weighted by atomic mass is 19.1. The summed E-state index contributed by atoms with van der Waals surface area (Å²) in [5.74, 6) is -0.489. The van der Waals surface area contributed by atoms with E-state index in [2.05, 4.69) is 10.3 Å². The number of amides is 1. The summed E-state index contributed by atoms with van der Waals surface area (Å²) in [7, 11) is 0. The Bertz CT molecular complexity index is 498. The molecule has 1 saturated carbocycles. The predicted molar refractivity (Wildman–Crippen MR) is 75.1 cm³/mol. The fourth-order valence-electron chi connectivity index (χ4n) is 1.64. The van der Waals surface area contributed by atoms with Gasteiger partial charge in [-0.15, -0.1) is 0 Å². The molecule has 1 aromatic carbocycles. The van der Waals surface area contributed by atoms with Crippen LogP contribution in [0.4, 0.5) is 4.39 Å². The summed E-state index contributed by atoms with van der Waals surface area (Å²) < 4.78 is 18.9. The summed E-state index contributed by atoms with van der Waals surface area (Å²) in [6.45, 7) is 3.09. The van der Waals surface area contributed by atoms with Gasteiger partial charge in [-0.25, -0.2) is 9.38 Å². The second-order valence-corrected chi connectivity index (χ2v) is 4.87. The van der Waals surface area contributed by atoms with Gasteiger partial charge in [0.1, 0.15) is 5.82 Å². The maximum atomic E-state index is 13.5. The van der Waals surface area contributed by atoms with Crippen LogP contribution in [0.1, 0.15) is 36.5 Å². The summed E-state index contributed by atoms with van der Waals surface area (Å²) in [5, 5.41) is 2.54. The Balaban J connectivity index is 2.00. The molecule has 1 aliphatic carbocycles. The molecule has 1 fully saturated rings. The van der Waals surface area contributed by atoms with Crippen LogP contribution < -0.4 is 5.32 Å². The van der Waals surface area contributed by atoms with Crippen molar-refractivity contribution in [2.24, 2.45) is 10.9 Å². The predicted octanol–water partition coefficient (Wildman–Crippen LogP) is 2.75. The van der Waals surface area contributed by atoms with Crippen molar-refractivity contribution < 1.29 is 13.9 Å². The van der Waals surface area contributed by atoms with Crippen molar-refractivity contribution in [3.05, 3.63) is 35.6 Å². The molecule has 0 unspecified atom stereocenters. The Morgan fingerprint density at radius 3 is 2.85 bits per heavy atom. The lowest BCUT2D eigenvalue weighted by Crippen LogP contribution is -2.33. The summed E-state index contributed by atoms with van der Waals surface area (Å²) in [5.41, 5.74) is -0.00767. The average Bonchev–Trinajstić information content (AvgIpc) is 3.26. The molecule has 2 rings (SSSR count). The minimum Gasteiger partial charge on any atom is -0.465 e. The second kappa shape index (κ2) is 7.03. The third kappa shape index (κ3) is 4.33. The first kappa shape index (κ1) is 14.5. The Hall–Kier alpha value is -1.91. The molecule has 0 spiro atoms. The normalized spacial score (nSPS) is 15.0. The number of carbonyl (C=O) groups is 1. The van der Waals surface area contributed by atoms with Gasteiger partial charge in [0, 0.05) is 6.54 Å². The maximum absolute atomic E-state index is 13.5. The Labute approximate surface area is 118 Å². The van der Waals surface area contributed by atoms with E-state index in [4.69, 9.17) is 4.74 Å². The lowest BCUT2D eigenvalue weighted by Gasteiger charge is -2.10. The van der Waals surface area contributed by atoms with E-state index >= 15 is 0 Å². The Morgan fingerprint density at radius 2 is 2.20 bits per heavy atom. The first-order valence-electron chi connectivity index (χ1n) is 6.93. The summed E-state index contributed by atoms with van der Waals surface area (Å²) in [6, 6.07) is 6.03. The molecule has 0 aromatic heterocycles. The van der Waals surface area contributed by atoms with Crippen LogP contribution >= 0.6 is 0 Å². The minimum atomic E-state index is -0.554. The molecule has 1 N–H and O–H groups in total. The fourth-order valence-corrected chi connectivity index (χ4v) is 1.64. The highest BCUT2D eigenvalue weighted by molar-refractivity contribution is 6.04. The van der Waals surface area contributed by atoms with Gasteiger partial charge >= 0.3 is 0 Å². The number of carbonyl (C=O) groups excluding carboxylic acids is 1. The van der Waals surface area contributed by atoms with Crippen molar-refractivity contribution >= 4 is 11.9 Å². The van der Waals surface area contributed by atoms with E-state index in [-0.39, 0.29) is 11.6 Å². The van der Waals surface area contributed by atoms with Gasteiger partial charge < -0.3 is 4.74 Å². The first-order chi connectivity index (χ1) is 9.70. The van der Waals surface area contributed by atoms with Gasteiger partial charge in [0.2, 0.25) is 0 Å². The number of nitrogens with zero attached hydrogens (tertiary/aromatic N) is 1. The molecule has 0 aliphatic heterocycles. The quantitative estimate of drug-likeness (QED) is 0.665. The molecule has 0 radical (unpaired) electrons. The smallest absolute Gasteiger partial charge is 0.291 e. The zero-order chi connectivity index (χ0) is 14.4. The molecule has 0 heterocycles. The number of nitrogens with one attached hydrogen (secondary N) is 1. The van der Waals surface area contributed by atoms with Crippen molar-refractivity contribution in [2.75, 3.05) is 13.2 Å². The van der Waals surface area contributed by atoms with Gasteiger partial charge in [0.25, 0.3) is 11.9 Å². The van der Waals surface area contributed by atoms with Crippen LogP contribution in [0, 0.1) is 11.7 Å². The SMILES string of the molecule is CCCOC(=NCC1CC1)NC(=O)c1ccccc1F. The molecule has 1 aliphatic rings. The third-order valence-corrected chi connectivity index (χ3v) is 2.97. The minimum absolute atomic E-state index is 0.00767. The molecular formula is C15H19FN2O2.